The summed E-state index contributed by atoms with van der Waals surface area (Å²) < 4.78 is 39.9. The van der Waals surface area contributed by atoms with E-state index in [2.05, 4.69) is 0 Å². The van der Waals surface area contributed by atoms with Crippen LogP contribution in [0.5, 0.6) is 0 Å². The molecule has 0 fully saturated rings. The zero-order valence-corrected chi connectivity index (χ0v) is 16.4. The number of benzene rings is 2. The van der Waals surface area contributed by atoms with Crippen molar-refractivity contribution in [3.63, 3.8) is 0 Å². The molecule has 5 nitrogen and oxygen atoms in total. The van der Waals surface area contributed by atoms with Crippen LogP contribution in [0.15, 0.2) is 41.3 Å². The molecule has 0 heterocycles. The van der Waals surface area contributed by atoms with Crippen LogP contribution in [0.3, 0.4) is 0 Å². The largest absolute Gasteiger partial charge is 0.314 e. The van der Waals surface area contributed by atoms with Crippen LogP contribution < -0.4 is 4.90 Å². The number of carbonyl (C=O) groups excluding carboxylic acids is 1. The van der Waals surface area contributed by atoms with Crippen LogP contribution in [0.1, 0.15) is 16.7 Å². The smallest absolute Gasteiger partial charge is 0.243 e. The minimum atomic E-state index is -3.81. The maximum Gasteiger partial charge on any atom is 0.243 e. The normalized spacial score (nSPS) is 11.7. The second kappa shape index (κ2) is 7.55. The van der Waals surface area contributed by atoms with E-state index in [1.165, 1.54) is 43.3 Å². The van der Waals surface area contributed by atoms with Gasteiger partial charge in [-0.1, -0.05) is 17.7 Å². The van der Waals surface area contributed by atoms with Gasteiger partial charge in [0.1, 0.15) is 5.82 Å². The number of carbonyl (C=O) groups is 1. The Morgan fingerprint density at radius 2 is 1.50 bits per heavy atom. The van der Waals surface area contributed by atoms with Gasteiger partial charge in [0.25, 0.3) is 0 Å². The quantitative estimate of drug-likeness (QED) is 0.804. The summed E-state index contributed by atoms with van der Waals surface area (Å²) in [4.78, 5) is 14.0. The van der Waals surface area contributed by atoms with Gasteiger partial charge in [0, 0.05) is 19.8 Å². The SMILES string of the molecule is Cc1cc(C)c(S(=O)(=O)N(C)CC(=O)N(C)c2ccc(F)cc2)c(C)c1. The van der Waals surface area contributed by atoms with Gasteiger partial charge in [-0.2, -0.15) is 4.31 Å². The molecule has 0 aliphatic carbocycles. The van der Waals surface area contributed by atoms with Crippen molar-refractivity contribution < 1.29 is 17.6 Å². The lowest BCUT2D eigenvalue weighted by Crippen LogP contribution is -2.39. The summed E-state index contributed by atoms with van der Waals surface area (Å²) in [5.41, 5.74) is 2.76. The highest BCUT2D eigenvalue weighted by molar-refractivity contribution is 7.89. The molecule has 0 saturated carbocycles. The van der Waals surface area contributed by atoms with Crippen LogP contribution in [0.2, 0.25) is 0 Å². The minimum absolute atomic E-state index is 0.225. The van der Waals surface area contributed by atoms with Crippen LogP contribution in [0.25, 0.3) is 0 Å². The molecule has 140 valence electrons. The van der Waals surface area contributed by atoms with E-state index in [0.29, 0.717) is 16.8 Å². The van der Waals surface area contributed by atoms with E-state index >= 15 is 0 Å². The fourth-order valence-corrected chi connectivity index (χ4v) is 4.44. The van der Waals surface area contributed by atoms with Crippen molar-refractivity contribution in [2.75, 3.05) is 25.5 Å². The molecule has 0 aliphatic rings. The number of hydrogen-bond acceptors (Lipinski definition) is 3. The van der Waals surface area contributed by atoms with Crippen molar-refractivity contribution in [3.05, 3.63) is 58.9 Å². The fraction of sp³-hybridized carbons (Fsp3) is 0.316. The molecule has 2 aromatic rings. The molecule has 0 saturated heterocycles. The van der Waals surface area contributed by atoms with E-state index < -0.39 is 21.7 Å². The number of hydrogen-bond donors (Lipinski definition) is 0. The summed E-state index contributed by atoms with van der Waals surface area (Å²) in [6.45, 7) is 5.07. The Hall–Kier alpha value is -2.25. The molecule has 7 heteroatoms. The average molecular weight is 378 g/mol. The number of rotatable bonds is 5. The third kappa shape index (κ3) is 4.11. The molecule has 0 bridgehead atoms. The molecule has 2 aromatic carbocycles. The second-order valence-electron chi connectivity index (χ2n) is 6.42. The van der Waals surface area contributed by atoms with Gasteiger partial charge in [-0.05, 0) is 56.2 Å². The Morgan fingerprint density at radius 1 is 1.00 bits per heavy atom. The van der Waals surface area contributed by atoms with Gasteiger partial charge in [-0.3, -0.25) is 4.79 Å². The highest BCUT2D eigenvalue weighted by Gasteiger charge is 2.27. The van der Waals surface area contributed by atoms with E-state index in [4.69, 9.17) is 0 Å². The predicted molar refractivity (Wildman–Crippen MR) is 100 cm³/mol. The monoisotopic (exact) mass is 378 g/mol. The summed E-state index contributed by atoms with van der Waals surface area (Å²) in [6, 6.07) is 9.05. The Morgan fingerprint density at radius 3 is 2.00 bits per heavy atom. The molecular weight excluding hydrogens is 355 g/mol. The molecule has 0 spiro atoms. The molecule has 0 atom stereocenters. The number of likely N-dealkylation sites (N-methyl/N-ethyl adjacent to an activating group) is 2. The van der Waals surface area contributed by atoms with Gasteiger partial charge in [-0.15, -0.1) is 0 Å². The van der Waals surface area contributed by atoms with Gasteiger partial charge < -0.3 is 4.90 Å². The van der Waals surface area contributed by atoms with Crippen molar-refractivity contribution >= 4 is 21.6 Å². The van der Waals surface area contributed by atoms with E-state index in [-0.39, 0.29) is 11.4 Å². The molecular formula is C19H23FN2O3S. The van der Waals surface area contributed by atoms with Crippen LogP contribution >= 0.6 is 0 Å². The van der Waals surface area contributed by atoms with E-state index in [0.717, 1.165) is 9.87 Å². The number of amides is 1. The maximum absolute atomic E-state index is 13.0. The van der Waals surface area contributed by atoms with Gasteiger partial charge >= 0.3 is 0 Å². The molecule has 0 aliphatic heterocycles. The molecule has 2 rings (SSSR count). The van der Waals surface area contributed by atoms with Gasteiger partial charge in [0.05, 0.1) is 11.4 Å². The molecule has 0 aromatic heterocycles. The third-order valence-electron chi connectivity index (χ3n) is 4.22. The summed E-state index contributed by atoms with van der Waals surface area (Å²) in [5.74, 6) is -0.815. The lowest BCUT2D eigenvalue weighted by Gasteiger charge is -2.23. The zero-order chi connectivity index (χ0) is 19.6. The zero-order valence-electron chi connectivity index (χ0n) is 15.6. The predicted octanol–water partition coefficient (Wildman–Crippen LogP) is 3.03. The van der Waals surface area contributed by atoms with E-state index in [1.54, 1.807) is 26.0 Å². The standard InChI is InChI=1S/C19H23FN2O3S/c1-13-10-14(2)19(15(3)11-13)26(24,25)21(4)12-18(23)22(5)17-8-6-16(20)7-9-17/h6-11H,12H2,1-5H3. The number of aryl methyl sites for hydroxylation is 3. The van der Waals surface area contributed by atoms with E-state index in [9.17, 15) is 17.6 Å². The van der Waals surface area contributed by atoms with Crippen molar-refractivity contribution in [2.45, 2.75) is 25.7 Å². The molecule has 0 N–H and O–H groups in total. The lowest BCUT2D eigenvalue weighted by atomic mass is 10.1. The lowest BCUT2D eigenvalue weighted by molar-refractivity contribution is -0.118. The molecule has 0 radical (unpaired) electrons. The van der Waals surface area contributed by atoms with Crippen molar-refractivity contribution in [1.29, 1.82) is 0 Å². The Balaban J connectivity index is 2.24. The minimum Gasteiger partial charge on any atom is -0.314 e. The van der Waals surface area contributed by atoms with Crippen LogP contribution in [-0.2, 0) is 14.8 Å². The summed E-state index contributed by atoms with van der Waals surface area (Å²) in [7, 11) is -0.903. The van der Waals surface area contributed by atoms with Crippen LogP contribution in [0, 0.1) is 26.6 Å². The van der Waals surface area contributed by atoms with Gasteiger partial charge in [0.2, 0.25) is 15.9 Å². The first-order chi connectivity index (χ1) is 12.0. The van der Waals surface area contributed by atoms with Crippen molar-refractivity contribution in [3.8, 4) is 0 Å². The van der Waals surface area contributed by atoms with E-state index in [1.807, 2.05) is 6.92 Å². The summed E-state index contributed by atoms with van der Waals surface area (Å²) in [6.07, 6.45) is 0. The first-order valence-electron chi connectivity index (χ1n) is 8.10. The first-order valence-corrected chi connectivity index (χ1v) is 9.54. The van der Waals surface area contributed by atoms with Crippen molar-refractivity contribution in [1.82, 2.24) is 4.31 Å². The molecule has 0 unspecified atom stereocenters. The average Bonchev–Trinajstić information content (AvgIpc) is 2.53. The number of halogens is 1. The van der Waals surface area contributed by atoms with Crippen LogP contribution in [0.4, 0.5) is 10.1 Å². The van der Waals surface area contributed by atoms with Gasteiger partial charge in [-0.25, -0.2) is 12.8 Å². The first kappa shape index (κ1) is 20.1. The Labute approximate surface area is 154 Å². The molecule has 26 heavy (non-hydrogen) atoms. The number of nitrogens with zero attached hydrogens (tertiary/aromatic N) is 2. The molecule has 1 amide bonds. The second-order valence-corrected chi connectivity index (χ2v) is 8.40. The Bertz CT molecular complexity index is 901. The highest BCUT2D eigenvalue weighted by Crippen LogP contribution is 2.24. The third-order valence-corrected chi connectivity index (χ3v) is 6.33. The topological polar surface area (TPSA) is 57.7 Å². The van der Waals surface area contributed by atoms with Gasteiger partial charge in [0.15, 0.2) is 0 Å². The number of sulfonamides is 1. The highest BCUT2D eigenvalue weighted by atomic mass is 32.2. The fourth-order valence-electron chi connectivity index (χ4n) is 2.92. The maximum atomic E-state index is 13.0. The Kier molecular flexibility index (Phi) is 5.83. The van der Waals surface area contributed by atoms with Crippen LogP contribution in [-0.4, -0.2) is 39.3 Å². The summed E-state index contributed by atoms with van der Waals surface area (Å²) in [5, 5.41) is 0. The number of anilines is 1. The van der Waals surface area contributed by atoms with Crippen molar-refractivity contribution in [2.24, 2.45) is 0 Å². The summed E-state index contributed by atoms with van der Waals surface area (Å²) >= 11 is 0.